The summed E-state index contributed by atoms with van der Waals surface area (Å²) in [7, 11) is 0. The molecule has 6 nitrogen and oxygen atoms in total. The molecule has 0 fully saturated rings. The Morgan fingerprint density at radius 3 is 2.28 bits per heavy atom. The van der Waals surface area contributed by atoms with E-state index >= 15 is 0 Å². The molecule has 0 aliphatic heterocycles. The molecule has 1 unspecified atom stereocenters. The average Bonchev–Trinajstić information content (AvgIpc) is 2.38. The topological polar surface area (TPSA) is 89.9 Å². The monoisotopic (exact) mass is 258 g/mol. The lowest BCUT2D eigenvalue weighted by molar-refractivity contribution is -0.156. The van der Waals surface area contributed by atoms with Crippen LogP contribution in [-0.2, 0) is 23.9 Å². The number of hydrogen-bond acceptors (Lipinski definition) is 6. The number of carbonyl (C=O) groups excluding carboxylic acids is 3. The van der Waals surface area contributed by atoms with E-state index in [2.05, 4.69) is 11.3 Å². The zero-order valence-corrected chi connectivity index (χ0v) is 10.6. The van der Waals surface area contributed by atoms with Crippen LogP contribution in [0.3, 0.4) is 0 Å². The van der Waals surface area contributed by atoms with Crippen molar-refractivity contribution in [3.8, 4) is 0 Å². The molecule has 0 bridgehead atoms. The van der Waals surface area contributed by atoms with E-state index in [0.717, 1.165) is 0 Å². The van der Waals surface area contributed by atoms with Gasteiger partial charge in [-0.3, -0.25) is 4.79 Å². The Kier molecular flexibility index (Phi) is 6.89. The molecule has 0 aliphatic rings. The van der Waals surface area contributed by atoms with Gasteiger partial charge in [-0.1, -0.05) is 13.5 Å². The van der Waals surface area contributed by atoms with E-state index in [0.29, 0.717) is 6.42 Å². The molecule has 0 saturated heterocycles. The van der Waals surface area contributed by atoms with Crippen molar-refractivity contribution >= 4 is 18.2 Å². The van der Waals surface area contributed by atoms with Gasteiger partial charge in [0.1, 0.15) is 13.2 Å². The summed E-state index contributed by atoms with van der Waals surface area (Å²) < 4.78 is 9.59. The zero-order chi connectivity index (χ0) is 14.2. The van der Waals surface area contributed by atoms with Crippen LogP contribution in [0.1, 0.15) is 20.3 Å². The molecule has 0 aliphatic carbocycles. The molecule has 0 aromatic rings. The van der Waals surface area contributed by atoms with Crippen molar-refractivity contribution in [1.29, 1.82) is 0 Å². The first-order valence-corrected chi connectivity index (χ1v) is 5.46. The van der Waals surface area contributed by atoms with Gasteiger partial charge in [0, 0.05) is 5.57 Å². The molecule has 1 N–H and O–H groups in total. The lowest BCUT2D eigenvalue weighted by Gasteiger charge is -2.29. The van der Waals surface area contributed by atoms with Gasteiger partial charge in [0.15, 0.2) is 0 Å². The fourth-order valence-electron chi connectivity index (χ4n) is 1.05. The molecule has 6 heteroatoms. The maximum absolute atomic E-state index is 11.2. The highest BCUT2D eigenvalue weighted by atomic mass is 16.6. The maximum Gasteiger partial charge on any atom is 0.371 e. The van der Waals surface area contributed by atoms with Crippen LogP contribution in [0.2, 0.25) is 0 Å². The van der Waals surface area contributed by atoms with Crippen molar-refractivity contribution < 1.29 is 29.0 Å². The van der Waals surface area contributed by atoms with E-state index in [9.17, 15) is 19.5 Å². The lowest BCUT2D eigenvalue weighted by atomic mass is 9.88. The van der Waals surface area contributed by atoms with Crippen molar-refractivity contribution in [1.82, 2.24) is 0 Å². The van der Waals surface area contributed by atoms with Crippen LogP contribution in [-0.4, -0.2) is 43.2 Å². The SMILES string of the molecule is C=C(C)C(=O)OCC(CC)(CO)COC(=O)C=O. The highest BCUT2D eigenvalue weighted by molar-refractivity contribution is 6.20. The van der Waals surface area contributed by atoms with Crippen molar-refractivity contribution in [2.24, 2.45) is 5.41 Å². The normalized spacial score (nSPS) is 13.3. The van der Waals surface area contributed by atoms with Crippen molar-refractivity contribution in [3.63, 3.8) is 0 Å². The number of esters is 2. The number of ether oxygens (including phenoxy) is 2. The van der Waals surface area contributed by atoms with Crippen LogP contribution >= 0.6 is 0 Å². The van der Waals surface area contributed by atoms with E-state index in [-0.39, 0.29) is 31.7 Å². The minimum Gasteiger partial charge on any atom is -0.462 e. The van der Waals surface area contributed by atoms with Gasteiger partial charge in [0.25, 0.3) is 0 Å². The third-order valence-corrected chi connectivity index (χ3v) is 2.56. The standard InChI is InChI=1S/C12H18O6/c1-4-12(6-14,7-17-10(15)5-13)8-18-11(16)9(2)3/h5,14H,2,4,6-8H2,1,3H3. The maximum atomic E-state index is 11.2. The van der Waals surface area contributed by atoms with Crippen molar-refractivity contribution in [2.45, 2.75) is 20.3 Å². The average molecular weight is 258 g/mol. The summed E-state index contributed by atoms with van der Waals surface area (Å²) in [6.45, 7) is 6.04. The summed E-state index contributed by atoms with van der Waals surface area (Å²) in [5, 5.41) is 9.32. The van der Waals surface area contributed by atoms with Gasteiger partial charge in [0.05, 0.1) is 12.0 Å². The van der Waals surface area contributed by atoms with E-state index < -0.39 is 17.4 Å². The molecular formula is C12H18O6. The van der Waals surface area contributed by atoms with Gasteiger partial charge in [-0.2, -0.15) is 0 Å². The molecule has 0 saturated carbocycles. The number of carbonyl (C=O) groups is 3. The minimum absolute atomic E-state index is 0.0394. The third kappa shape index (κ3) is 5.09. The number of aliphatic hydroxyl groups excluding tert-OH is 1. The first-order valence-electron chi connectivity index (χ1n) is 5.46. The predicted molar refractivity (Wildman–Crippen MR) is 62.6 cm³/mol. The molecule has 0 radical (unpaired) electrons. The molecule has 0 rings (SSSR count). The fourth-order valence-corrected chi connectivity index (χ4v) is 1.05. The number of aldehydes is 1. The quantitative estimate of drug-likeness (QED) is 0.290. The van der Waals surface area contributed by atoms with E-state index in [1.165, 1.54) is 6.92 Å². The van der Waals surface area contributed by atoms with Crippen LogP contribution in [0.5, 0.6) is 0 Å². The summed E-state index contributed by atoms with van der Waals surface area (Å²) in [6, 6.07) is 0. The second kappa shape index (κ2) is 7.60. The van der Waals surface area contributed by atoms with Crippen molar-refractivity contribution in [3.05, 3.63) is 12.2 Å². The van der Waals surface area contributed by atoms with Crippen LogP contribution in [0.25, 0.3) is 0 Å². The molecule has 18 heavy (non-hydrogen) atoms. The molecule has 0 aromatic heterocycles. The Morgan fingerprint density at radius 1 is 1.33 bits per heavy atom. The number of rotatable bonds is 8. The Labute approximate surface area is 106 Å². The summed E-state index contributed by atoms with van der Waals surface area (Å²) in [5.41, 5.74) is -0.660. The second-order valence-electron chi connectivity index (χ2n) is 4.09. The van der Waals surface area contributed by atoms with Gasteiger partial charge >= 0.3 is 11.9 Å². The summed E-state index contributed by atoms with van der Waals surface area (Å²) in [4.78, 5) is 32.1. The molecule has 102 valence electrons. The molecular weight excluding hydrogens is 240 g/mol. The van der Waals surface area contributed by atoms with E-state index in [1.807, 2.05) is 0 Å². The van der Waals surface area contributed by atoms with Crippen LogP contribution in [0, 0.1) is 5.41 Å². The Bertz CT molecular complexity index is 329. The first kappa shape index (κ1) is 16.3. The highest BCUT2D eigenvalue weighted by Crippen LogP contribution is 2.22. The molecule has 0 aromatic carbocycles. The summed E-state index contributed by atoms with van der Waals surface area (Å²) >= 11 is 0. The van der Waals surface area contributed by atoms with Gasteiger partial charge in [-0.15, -0.1) is 0 Å². The fraction of sp³-hybridized carbons (Fsp3) is 0.583. The molecule has 0 spiro atoms. The summed E-state index contributed by atoms with van der Waals surface area (Å²) in [6.07, 6.45) is 0.455. The Hall–Kier alpha value is -1.69. The molecule has 1 atom stereocenters. The van der Waals surface area contributed by atoms with Crippen LogP contribution < -0.4 is 0 Å². The third-order valence-electron chi connectivity index (χ3n) is 2.56. The highest BCUT2D eigenvalue weighted by Gasteiger charge is 2.31. The number of aliphatic hydroxyl groups is 1. The smallest absolute Gasteiger partial charge is 0.371 e. The van der Waals surface area contributed by atoms with Crippen LogP contribution in [0.15, 0.2) is 12.2 Å². The summed E-state index contributed by atoms with van der Waals surface area (Å²) in [5.74, 6) is -1.60. The van der Waals surface area contributed by atoms with Gasteiger partial charge < -0.3 is 14.6 Å². The molecule has 0 amide bonds. The van der Waals surface area contributed by atoms with Crippen molar-refractivity contribution in [2.75, 3.05) is 19.8 Å². The van der Waals surface area contributed by atoms with E-state index in [1.54, 1.807) is 6.92 Å². The lowest BCUT2D eigenvalue weighted by Crippen LogP contribution is -2.37. The van der Waals surface area contributed by atoms with Gasteiger partial charge in [0.2, 0.25) is 6.29 Å². The largest absolute Gasteiger partial charge is 0.462 e. The van der Waals surface area contributed by atoms with Crippen LogP contribution in [0.4, 0.5) is 0 Å². The Morgan fingerprint density at radius 2 is 1.89 bits per heavy atom. The Balaban J connectivity index is 4.51. The first-order chi connectivity index (χ1) is 8.40. The van der Waals surface area contributed by atoms with Gasteiger partial charge in [-0.25, -0.2) is 9.59 Å². The molecule has 0 heterocycles. The predicted octanol–water partition coefficient (Wildman–Crippen LogP) is 0.236. The minimum atomic E-state index is -1.02. The van der Waals surface area contributed by atoms with E-state index in [4.69, 9.17) is 4.74 Å². The second-order valence-corrected chi connectivity index (χ2v) is 4.09. The van der Waals surface area contributed by atoms with Gasteiger partial charge in [-0.05, 0) is 13.3 Å². The number of hydrogen-bond donors (Lipinski definition) is 1. The zero-order valence-electron chi connectivity index (χ0n) is 10.6.